The summed E-state index contributed by atoms with van der Waals surface area (Å²) in [5, 5.41) is 3.00. The van der Waals surface area contributed by atoms with Gasteiger partial charge in [-0.1, -0.05) is 42.0 Å². The van der Waals surface area contributed by atoms with Gasteiger partial charge in [0.2, 0.25) is 5.91 Å². The molecule has 0 aliphatic carbocycles. The second kappa shape index (κ2) is 7.23. The Morgan fingerprint density at radius 3 is 2.32 bits per heavy atom. The Bertz CT molecular complexity index is 647. The molecule has 3 heteroatoms. The molecule has 0 aliphatic heterocycles. The Balaban J connectivity index is 1.91. The molecule has 0 spiro atoms. The number of hydrogen-bond acceptors (Lipinski definition) is 2. The van der Waals surface area contributed by atoms with Crippen LogP contribution in [0.1, 0.15) is 22.3 Å². The number of hydrogen-bond donors (Lipinski definition) is 1. The van der Waals surface area contributed by atoms with Gasteiger partial charge in [-0.2, -0.15) is 0 Å². The van der Waals surface area contributed by atoms with Gasteiger partial charge < -0.3 is 5.32 Å². The molecular weight excluding hydrogens is 272 g/mol. The van der Waals surface area contributed by atoms with Crippen LogP contribution < -0.4 is 5.32 Å². The largest absolute Gasteiger partial charge is 0.325 e. The Morgan fingerprint density at radius 2 is 1.64 bits per heavy atom. The highest BCUT2D eigenvalue weighted by Gasteiger charge is 2.09. The van der Waals surface area contributed by atoms with E-state index in [4.69, 9.17) is 0 Å². The molecule has 2 aromatic carbocycles. The van der Waals surface area contributed by atoms with Crippen molar-refractivity contribution in [1.82, 2.24) is 4.90 Å². The summed E-state index contributed by atoms with van der Waals surface area (Å²) in [6.07, 6.45) is 0. The van der Waals surface area contributed by atoms with Crippen LogP contribution in [0.15, 0.2) is 42.5 Å². The van der Waals surface area contributed by atoms with Crippen molar-refractivity contribution < 1.29 is 4.79 Å². The molecule has 0 unspecified atom stereocenters. The number of nitrogens with zero attached hydrogens (tertiary/aromatic N) is 1. The molecule has 0 aliphatic rings. The first-order valence-corrected chi connectivity index (χ1v) is 7.55. The predicted molar refractivity (Wildman–Crippen MR) is 92.1 cm³/mol. The molecular formula is C19H24N2O. The maximum Gasteiger partial charge on any atom is 0.238 e. The van der Waals surface area contributed by atoms with Crippen LogP contribution in [0.3, 0.4) is 0 Å². The van der Waals surface area contributed by atoms with E-state index in [0.717, 1.165) is 23.4 Å². The fourth-order valence-corrected chi connectivity index (χ4v) is 2.37. The zero-order valence-corrected chi connectivity index (χ0v) is 13.8. The normalized spacial score (nSPS) is 10.8. The van der Waals surface area contributed by atoms with Crippen LogP contribution in [-0.2, 0) is 11.3 Å². The Labute approximate surface area is 133 Å². The molecule has 0 heterocycles. The van der Waals surface area contributed by atoms with E-state index in [9.17, 15) is 4.79 Å². The molecule has 1 N–H and O–H groups in total. The minimum absolute atomic E-state index is 0.0170. The zero-order chi connectivity index (χ0) is 16.1. The van der Waals surface area contributed by atoms with E-state index in [-0.39, 0.29) is 5.91 Å². The van der Waals surface area contributed by atoms with E-state index in [0.29, 0.717) is 6.54 Å². The Kier molecular flexibility index (Phi) is 5.34. The predicted octanol–water partition coefficient (Wildman–Crippen LogP) is 3.68. The van der Waals surface area contributed by atoms with E-state index in [1.807, 2.05) is 37.9 Å². The molecule has 3 nitrogen and oxygen atoms in total. The summed E-state index contributed by atoms with van der Waals surface area (Å²) in [6, 6.07) is 14.5. The third-order valence-electron chi connectivity index (χ3n) is 3.65. The fraction of sp³-hybridized carbons (Fsp3) is 0.316. The summed E-state index contributed by atoms with van der Waals surface area (Å²) in [6.45, 7) is 7.25. The number of benzene rings is 2. The Hall–Kier alpha value is -2.13. The van der Waals surface area contributed by atoms with Crippen LogP contribution in [-0.4, -0.2) is 24.4 Å². The van der Waals surface area contributed by atoms with Gasteiger partial charge in [-0.25, -0.2) is 0 Å². The molecule has 0 fully saturated rings. The minimum atomic E-state index is 0.0170. The van der Waals surface area contributed by atoms with E-state index in [1.54, 1.807) is 0 Å². The van der Waals surface area contributed by atoms with Crippen molar-refractivity contribution in [1.29, 1.82) is 0 Å². The second-order valence-corrected chi connectivity index (χ2v) is 6.02. The van der Waals surface area contributed by atoms with Gasteiger partial charge in [0.05, 0.1) is 6.54 Å². The van der Waals surface area contributed by atoms with E-state index >= 15 is 0 Å². The van der Waals surface area contributed by atoms with E-state index in [1.165, 1.54) is 11.1 Å². The van der Waals surface area contributed by atoms with Gasteiger partial charge >= 0.3 is 0 Å². The molecule has 1 amide bonds. The van der Waals surface area contributed by atoms with Crippen molar-refractivity contribution in [2.75, 3.05) is 18.9 Å². The number of amides is 1. The molecule has 2 rings (SSSR count). The highest BCUT2D eigenvalue weighted by molar-refractivity contribution is 5.93. The van der Waals surface area contributed by atoms with Gasteiger partial charge in [0.1, 0.15) is 0 Å². The van der Waals surface area contributed by atoms with Crippen LogP contribution in [0.25, 0.3) is 0 Å². The third kappa shape index (κ3) is 4.71. The fourth-order valence-electron chi connectivity index (χ4n) is 2.37. The van der Waals surface area contributed by atoms with Crippen molar-refractivity contribution >= 4 is 11.6 Å². The summed E-state index contributed by atoms with van der Waals surface area (Å²) in [5.74, 6) is 0.0170. The molecule has 0 saturated carbocycles. The lowest BCUT2D eigenvalue weighted by atomic mass is 10.1. The van der Waals surface area contributed by atoms with Gasteiger partial charge in [0.15, 0.2) is 0 Å². The van der Waals surface area contributed by atoms with Gasteiger partial charge in [0, 0.05) is 12.2 Å². The van der Waals surface area contributed by atoms with Crippen molar-refractivity contribution in [3.8, 4) is 0 Å². The van der Waals surface area contributed by atoms with E-state index < -0.39 is 0 Å². The highest BCUT2D eigenvalue weighted by Crippen LogP contribution is 2.16. The summed E-state index contributed by atoms with van der Waals surface area (Å²) in [4.78, 5) is 14.2. The van der Waals surface area contributed by atoms with Crippen LogP contribution in [0.5, 0.6) is 0 Å². The van der Waals surface area contributed by atoms with Crippen LogP contribution in [0, 0.1) is 20.8 Å². The zero-order valence-electron chi connectivity index (χ0n) is 13.8. The number of aryl methyl sites for hydroxylation is 3. The lowest BCUT2D eigenvalue weighted by Gasteiger charge is -2.17. The number of anilines is 1. The molecule has 0 bridgehead atoms. The van der Waals surface area contributed by atoms with Crippen molar-refractivity contribution in [2.45, 2.75) is 27.3 Å². The molecule has 22 heavy (non-hydrogen) atoms. The summed E-state index contributed by atoms with van der Waals surface area (Å²) >= 11 is 0. The van der Waals surface area contributed by atoms with Crippen molar-refractivity contribution in [2.24, 2.45) is 0 Å². The van der Waals surface area contributed by atoms with Crippen LogP contribution in [0.4, 0.5) is 5.69 Å². The number of carbonyl (C=O) groups excluding carboxylic acids is 1. The standard InChI is InChI=1S/C19H24N2O/c1-14-6-9-17(10-7-14)12-21(4)13-19(22)20-18-11-15(2)5-8-16(18)3/h5-11H,12-13H2,1-4H3,(H,20,22). The average Bonchev–Trinajstić information content (AvgIpc) is 2.45. The molecule has 116 valence electrons. The lowest BCUT2D eigenvalue weighted by molar-refractivity contribution is -0.117. The first-order chi connectivity index (χ1) is 10.4. The molecule has 0 saturated heterocycles. The number of likely N-dealkylation sites (N-methyl/N-ethyl adjacent to an activating group) is 1. The molecule has 0 radical (unpaired) electrons. The smallest absolute Gasteiger partial charge is 0.238 e. The summed E-state index contributed by atoms with van der Waals surface area (Å²) in [5.41, 5.74) is 5.59. The SMILES string of the molecule is Cc1ccc(CN(C)CC(=O)Nc2cc(C)ccc2C)cc1. The maximum atomic E-state index is 12.2. The van der Waals surface area contributed by atoms with Gasteiger partial charge in [-0.05, 0) is 50.6 Å². The first kappa shape index (κ1) is 16.2. The third-order valence-corrected chi connectivity index (χ3v) is 3.65. The summed E-state index contributed by atoms with van der Waals surface area (Å²) in [7, 11) is 1.96. The first-order valence-electron chi connectivity index (χ1n) is 7.55. The number of nitrogens with one attached hydrogen (secondary N) is 1. The molecule has 0 atom stereocenters. The quantitative estimate of drug-likeness (QED) is 0.913. The monoisotopic (exact) mass is 296 g/mol. The highest BCUT2D eigenvalue weighted by atomic mass is 16.2. The van der Waals surface area contributed by atoms with E-state index in [2.05, 4.69) is 42.6 Å². The van der Waals surface area contributed by atoms with Crippen molar-refractivity contribution in [3.05, 3.63) is 64.7 Å². The average molecular weight is 296 g/mol. The van der Waals surface area contributed by atoms with Gasteiger partial charge in [-0.3, -0.25) is 9.69 Å². The second-order valence-electron chi connectivity index (χ2n) is 6.02. The number of carbonyl (C=O) groups is 1. The molecule has 2 aromatic rings. The van der Waals surface area contributed by atoms with Gasteiger partial charge in [-0.15, -0.1) is 0 Å². The van der Waals surface area contributed by atoms with Crippen molar-refractivity contribution in [3.63, 3.8) is 0 Å². The van der Waals surface area contributed by atoms with Crippen LogP contribution in [0.2, 0.25) is 0 Å². The van der Waals surface area contributed by atoms with Crippen LogP contribution >= 0.6 is 0 Å². The van der Waals surface area contributed by atoms with Gasteiger partial charge in [0.25, 0.3) is 0 Å². The minimum Gasteiger partial charge on any atom is -0.325 e. The topological polar surface area (TPSA) is 32.3 Å². The number of rotatable bonds is 5. The molecule has 0 aromatic heterocycles. The summed E-state index contributed by atoms with van der Waals surface area (Å²) < 4.78 is 0. The Morgan fingerprint density at radius 1 is 1.00 bits per heavy atom. The lowest BCUT2D eigenvalue weighted by Crippen LogP contribution is -2.30. The maximum absolute atomic E-state index is 12.2.